The van der Waals surface area contributed by atoms with E-state index in [-0.39, 0.29) is 6.17 Å². The lowest BCUT2D eigenvalue weighted by Crippen LogP contribution is -3.22. The van der Waals surface area contributed by atoms with Crippen molar-refractivity contribution in [2.24, 2.45) is 0 Å². The number of para-hydroxylation sites is 2. The highest BCUT2D eigenvalue weighted by molar-refractivity contribution is 5.32. The smallest absolute Gasteiger partial charge is 0.241 e. The largest absolute Gasteiger partial charge is 0.507 e. The number of quaternary nitrogens is 2. The Hall–Kier alpha value is -2.82. The molecule has 0 radical (unpaired) electrons. The van der Waals surface area contributed by atoms with Gasteiger partial charge in [-0.05, 0) is 47.9 Å². The molecule has 30 heavy (non-hydrogen) atoms. The lowest BCUT2D eigenvalue weighted by molar-refractivity contribution is -1.09. The van der Waals surface area contributed by atoms with Gasteiger partial charge in [0.15, 0.2) is 0 Å². The van der Waals surface area contributed by atoms with Crippen LogP contribution in [0.4, 0.5) is 0 Å². The van der Waals surface area contributed by atoms with Gasteiger partial charge in [-0.1, -0.05) is 50.2 Å². The van der Waals surface area contributed by atoms with Crippen molar-refractivity contribution in [1.29, 1.82) is 0 Å². The summed E-state index contributed by atoms with van der Waals surface area (Å²) < 4.78 is 0. The molecule has 4 rings (SSSR count). The first kappa shape index (κ1) is 20.5. The van der Waals surface area contributed by atoms with E-state index in [0.717, 1.165) is 37.3 Å². The summed E-state index contributed by atoms with van der Waals surface area (Å²) in [5, 5.41) is 20.6. The number of hydrogen-bond donors (Lipinski definition) is 4. The van der Waals surface area contributed by atoms with E-state index in [9.17, 15) is 10.2 Å². The minimum atomic E-state index is 0.255. The highest BCUT2D eigenvalue weighted by atomic mass is 16.3. The van der Waals surface area contributed by atoms with Crippen LogP contribution in [-0.4, -0.2) is 23.3 Å². The second-order valence-corrected chi connectivity index (χ2v) is 8.68. The average Bonchev–Trinajstić information content (AvgIpc) is 3.13. The Labute approximate surface area is 179 Å². The summed E-state index contributed by atoms with van der Waals surface area (Å²) >= 11 is 0. The number of nitrogens with one attached hydrogen (secondary N) is 2. The van der Waals surface area contributed by atoms with E-state index in [1.54, 1.807) is 12.1 Å². The molecule has 1 aliphatic heterocycles. The van der Waals surface area contributed by atoms with Crippen molar-refractivity contribution in [2.45, 2.75) is 39.0 Å². The van der Waals surface area contributed by atoms with E-state index in [1.807, 2.05) is 36.4 Å². The fourth-order valence-electron chi connectivity index (χ4n) is 4.63. The first-order valence-corrected chi connectivity index (χ1v) is 10.9. The molecule has 3 aromatic rings. The maximum absolute atomic E-state index is 10.3. The van der Waals surface area contributed by atoms with Crippen LogP contribution in [0.15, 0.2) is 72.8 Å². The maximum atomic E-state index is 10.3. The van der Waals surface area contributed by atoms with Crippen molar-refractivity contribution in [1.82, 2.24) is 0 Å². The first-order valence-electron chi connectivity index (χ1n) is 10.9. The Morgan fingerprint density at radius 2 is 1.20 bits per heavy atom. The van der Waals surface area contributed by atoms with E-state index in [1.165, 1.54) is 20.9 Å². The van der Waals surface area contributed by atoms with E-state index in [0.29, 0.717) is 17.4 Å². The molecule has 4 N–H and O–H groups in total. The van der Waals surface area contributed by atoms with Crippen molar-refractivity contribution in [3.63, 3.8) is 0 Å². The van der Waals surface area contributed by atoms with E-state index in [4.69, 9.17) is 0 Å². The van der Waals surface area contributed by atoms with Gasteiger partial charge in [0, 0.05) is 11.1 Å². The molecule has 156 valence electrons. The van der Waals surface area contributed by atoms with Crippen LogP contribution in [-0.2, 0) is 13.1 Å². The first-order chi connectivity index (χ1) is 14.5. The predicted molar refractivity (Wildman–Crippen MR) is 119 cm³/mol. The third-order valence-corrected chi connectivity index (χ3v) is 6.34. The average molecular weight is 405 g/mol. The molecular weight excluding hydrogens is 372 g/mol. The summed E-state index contributed by atoms with van der Waals surface area (Å²) in [5.74, 6) is 1.25. The van der Waals surface area contributed by atoms with Crippen LogP contribution >= 0.6 is 0 Å². The maximum Gasteiger partial charge on any atom is 0.241 e. The van der Waals surface area contributed by atoms with Crippen LogP contribution in [0.1, 0.15) is 48.2 Å². The summed E-state index contributed by atoms with van der Waals surface area (Å²) in [5.41, 5.74) is 4.63. The fraction of sp³-hybridized carbons (Fsp3) is 0.308. The Morgan fingerprint density at radius 1 is 0.733 bits per heavy atom. The van der Waals surface area contributed by atoms with Crippen LogP contribution in [0.2, 0.25) is 0 Å². The topological polar surface area (TPSA) is 49.3 Å². The van der Waals surface area contributed by atoms with Gasteiger partial charge in [-0.2, -0.15) is 0 Å². The monoisotopic (exact) mass is 404 g/mol. The summed E-state index contributed by atoms with van der Waals surface area (Å²) in [6, 6.07) is 24.3. The highest BCUT2D eigenvalue weighted by Gasteiger charge is 2.41. The van der Waals surface area contributed by atoms with Crippen LogP contribution in [0.5, 0.6) is 11.5 Å². The molecule has 1 heterocycles. The molecule has 1 fully saturated rings. The number of phenolic OH excluding ortho intramolecular Hbond substituents is 2. The van der Waals surface area contributed by atoms with Crippen LogP contribution < -0.4 is 9.80 Å². The van der Waals surface area contributed by atoms with Gasteiger partial charge in [-0.25, -0.2) is 0 Å². The molecule has 0 aliphatic carbocycles. The molecule has 2 atom stereocenters. The quantitative estimate of drug-likeness (QED) is 0.510. The normalized spacial score (nSPS) is 21.2. The molecule has 0 spiro atoms. The molecule has 4 nitrogen and oxygen atoms in total. The number of hydrogen-bond acceptors (Lipinski definition) is 2. The second kappa shape index (κ2) is 8.90. The molecule has 0 saturated carbocycles. The van der Waals surface area contributed by atoms with Gasteiger partial charge < -0.3 is 10.2 Å². The highest BCUT2D eigenvalue weighted by Crippen LogP contribution is 2.19. The molecular formula is C26H32N2O2+2. The number of aromatic hydroxyl groups is 2. The molecule has 1 saturated heterocycles. The van der Waals surface area contributed by atoms with E-state index in [2.05, 4.69) is 38.1 Å². The fourth-order valence-corrected chi connectivity index (χ4v) is 4.63. The molecule has 0 amide bonds. The van der Waals surface area contributed by atoms with Gasteiger partial charge in [0.05, 0.1) is 5.56 Å². The third kappa shape index (κ3) is 4.35. The van der Waals surface area contributed by atoms with Crippen molar-refractivity contribution in [3.05, 3.63) is 95.1 Å². The van der Waals surface area contributed by atoms with E-state index < -0.39 is 0 Å². The van der Waals surface area contributed by atoms with Crippen molar-refractivity contribution < 1.29 is 20.0 Å². The van der Waals surface area contributed by atoms with Crippen LogP contribution in [0.3, 0.4) is 0 Å². The number of rotatable bonds is 6. The number of benzene rings is 3. The zero-order valence-electron chi connectivity index (χ0n) is 17.8. The van der Waals surface area contributed by atoms with Gasteiger partial charge in [0.25, 0.3) is 0 Å². The third-order valence-electron chi connectivity index (χ3n) is 6.34. The van der Waals surface area contributed by atoms with Gasteiger partial charge >= 0.3 is 0 Å². The van der Waals surface area contributed by atoms with Gasteiger partial charge in [-0.15, -0.1) is 0 Å². The molecule has 0 bridgehead atoms. The van der Waals surface area contributed by atoms with Crippen molar-refractivity contribution in [2.75, 3.05) is 13.1 Å². The molecule has 2 unspecified atom stereocenters. The van der Waals surface area contributed by atoms with Crippen molar-refractivity contribution in [3.8, 4) is 11.5 Å². The zero-order valence-corrected chi connectivity index (χ0v) is 17.8. The number of phenols is 2. The standard InChI is InChI=1S/C26H30N2O2/c1-19(2)20-11-13-21(14-12-20)26-27(17-22-7-3-5-9-24(22)29)15-16-28(26)18-23-8-4-6-10-25(23)30/h3-14,19,26,29-30H,15-18H2,1-2H3/p+2. The second-order valence-electron chi connectivity index (χ2n) is 8.68. The molecule has 1 aliphatic rings. The summed E-state index contributed by atoms with van der Waals surface area (Å²) in [7, 11) is 0. The predicted octanol–water partition coefficient (Wildman–Crippen LogP) is 2.40. The Kier molecular flexibility index (Phi) is 6.07. The molecule has 3 aromatic carbocycles. The van der Waals surface area contributed by atoms with E-state index >= 15 is 0 Å². The zero-order chi connectivity index (χ0) is 21.1. The lowest BCUT2D eigenvalue weighted by atomic mass is 10.0. The summed E-state index contributed by atoms with van der Waals surface area (Å²) in [6.45, 7) is 8.05. The van der Waals surface area contributed by atoms with Gasteiger partial charge in [0.2, 0.25) is 6.17 Å². The Morgan fingerprint density at radius 3 is 1.63 bits per heavy atom. The van der Waals surface area contributed by atoms with Gasteiger partial charge in [-0.3, -0.25) is 9.80 Å². The molecule has 4 heteroatoms. The Balaban J connectivity index is 1.64. The lowest BCUT2D eigenvalue weighted by Gasteiger charge is -2.25. The van der Waals surface area contributed by atoms with Crippen LogP contribution in [0.25, 0.3) is 0 Å². The summed E-state index contributed by atoms with van der Waals surface area (Å²) in [4.78, 5) is 2.89. The Bertz CT molecular complexity index is 929. The van der Waals surface area contributed by atoms with Gasteiger partial charge in [0.1, 0.15) is 37.7 Å². The summed E-state index contributed by atoms with van der Waals surface area (Å²) in [6.07, 6.45) is 0.255. The minimum Gasteiger partial charge on any atom is -0.507 e. The minimum absolute atomic E-state index is 0.255. The van der Waals surface area contributed by atoms with Crippen LogP contribution in [0, 0.1) is 0 Å². The molecule has 0 aromatic heterocycles. The SMILES string of the molecule is CC(C)c1ccc(C2[NH+](Cc3ccccc3O)CC[NH+]2Cc2ccccc2O)cc1. The van der Waals surface area contributed by atoms with Crippen molar-refractivity contribution >= 4 is 0 Å².